The van der Waals surface area contributed by atoms with Crippen LogP contribution in [0.1, 0.15) is 70.1 Å². The number of aliphatic hydroxyl groups is 2. The van der Waals surface area contributed by atoms with Gasteiger partial charge in [-0.2, -0.15) is 0 Å². The average molecular weight is 1220 g/mol. The van der Waals surface area contributed by atoms with E-state index < -0.39 is 126 Å². The van der Waals surface area contributed by atoms with E-state index in [0.29, 0.717) is 30.5 Å². The second-order valence-corrected chi connectivity index (χ2v) is 22.0. The number of phenolic OH excluding ortho intramolecular Hbond substituents is 1. The van der Waals surface area contributed by atoms with Gasteiger partial charge in [-0.15, -0.1) is 0 Å². The molecule has 0 spiro atoms. The number of fused-ring (bicyclic) bond motifs is 1. The molecule has 88 heavy (non-hydrogen) atoms. The molecule has 0 saturated carbocycles. The summed E-state index contributed by atoms with van der Waals surface area (Å²) in [4.78, 5) is 144. The Morgan fingerprint density at radius 3 is 1.99 bits per heavy atom. The number of rotatable bonds is 32. The van der Waals surface area contributed by atoms with Gasteiger partial charge in [0, 0.05) is 82.9 Å². The van der Waals surface area contributed by atoms with Crippen LogP contribution in [0.15, 0.2) is 102 Å². The van der Waals surface area contributed by atoms with Crippen molar-refractivity contribution in [2.45, 2.75) is 127 Å². The largest absolute Gasteiger partial charge is 0.508 e. The molecule has 0 unspecified atom stereocenters. The first kappa shape index (κ1) is 69.2. The van der Waals surface area contributed by atoms with Crippen LogP contribution in [0.3, 0.4) is 0 Å². The molecule has 0 aliphatic carbocycles. The molecule has 3 aromatic carbocycles. The summed E-state index contributed by atoms with van der Waals surface area (Å²) in [5.41, 5.74) is 19.7. The molecule has 4 aromatic rings. The highest BCUT2D eigenvalue weighted by Crippen LogP contribution is 2.23. The number of phenols is 1. The number of hydrogen-bond acceptors (Lipinski definition) is 14. The molecular weight excluding hydrogens is 1140 g/mol. The Morgan fingerprint density at radius 1 is 0.705 bits per heavy atom. The predicted octanol–water partition coefficient (Wildman–Crippen LogP) is -2.02. The number of carbonyl (C=O) groups excluding carboxylic acids is 10. The number of aromatic amines is 1. The van der Waals surface area contributed by atoms with Gasteiger partial charge >= 0.3 is 6.03 Å². The monoisotopic (exact) mass is 1220 g/mol. The normalized spacial score (nSPS) is 16.8. The number of hydrogen-bond donors (Lipinski definition) is 16. The van der Waals surface area contributed by atoms with E-state index in [9.17, 15) is 63.3 Å². The standard InChI is InChI=1S/C60H83N15O13/c1-33(2)25-38(52(81)70-44(18-12-24-66-59(62)64-5)54(83)71-45(51(61)80)28-39-30-67-43-17-10-9-16-42(39)43)15-11-23-65-53(82)46(26-36-13-7-6-8-14-36)72-57(86)50(34(3)76)74-55(84)48(31-68-60(63)88)73-56(85)49-29-41(79)32-75(49)58(87)47(69-35(4)77)27-37-19-21-40(78)22-20-37/h6-11,13-17,19-22,30,33-34,38,41,44-50,67,76,78-79H,12,18,23-29,31-32H2,1-5H3,(H2,61,80)(H,65,82)(H,69,77)(H,70,81)(H,71,83)(H,72,86)(H,73,85)(H,74,84)(H3,62,64,66)(H3,63,68,88)/t34-,38+,41-,44+,45+,46+,47-,48+,49+,50+/m1/s1. The van der Waals surface area contributed by atoms with E-state index in [1.54, 1.807) is 42.6 Å². The number of guanidine groups is 1. The van der Waals surface area contributed by atoms with Crippen molar-refractivity contribution in [1.29, 1.82) is 0 Å². The summed E-state index contributed by atoms with van der Waals surface area (Å²) < 4.78 is 0. The topological polar surface area (TPSA) is 449 Å². The summed E-state index contributed by atoms with van der Waals surface area (Å²) in [5.74, 6) is -7.84. The molecule has 476 valence electrons. The van der Waals surface area contributed by atoms with Gasteiger partial charge in [0.2, 0.25) is 53.2 Å². The van der Waals surface area contributed by atoms with Gasteiger partial charge in [-0.3, -0.25) is 48.1 Å². The molecule has 2 heterocycles. The number of para-hydroxylation sites is 1. The van der Waals surface area contributed by atoms with E-state index in [1.165, 1.54) is 51.2 Å². The lowest BCUT2D eigenvalue weighted by atomic mass is 9.95. The molecule has 1 aliphatic heterocycles. The number of urea groups is 1. The minimum absolute atomic E-state index is 0.0291. The highest BCUT2D eigenvalue weighted by molar-refractivity contribution is 5.98. The zero-order valence-corrected chi connectivity index (χ0v) is 49.9. The van der Waals surface area contributed by atoms with Gasteiger partial charge in [-0.1, -0.05) is 86.7 Å². The zero-order chi connectivity index (χ0) is 64.6. The van der Waals surface area contributed by atoms with Crippen molar-refractivity contribution in [3.8, 4) is 5.75 Å². The fourth-order valence-corrected chi connectivity index (χ4v) is 9.94. The zero-order valence-electron chi connectivity index (χ0n) is 49.9. The van der Waals surface area contributed by atoms with E-state index >= 15 is 0 Å². The third kappa shape index (κ3) is 21.7. The average Bonchev–Trinajstić information content (AvgIpc) is 2.28. The van der Waals surface area contributed by atoms with Crippen LogP contribution in [-0.2, 0) is 62.4 Å². The first-order valence-corrected chi connectivity index (χ1v) is 28.9. The van der Waals surface area contributed by atoms with Crippen LogP contribution in [0, 0.1) is 11.8 Å². The number of H-pyrrole nitrogens is 1. The van der Waals surface area contributed by atoms with Crippen LogP contribution in [-0.4, -0.2) is 178 Å². The van der Waals surface area contributed by atoms with Crippen molar-refractivity contribution in [2.75, 3.05) is 33.2 Å². The number of primary amides is 2. The summed E-state index contributed by atoms with van der Waals surface area (Å²) in [6.45, 7) is 5.32. The third-order valence-electron chi connectivity index (χ3n) is 14.4. The Balaban J connectivity index is 1.29. The van der Waals surface area contributed by atoms with Gasteiger partial charge in [-0.05, 0) is 67.0 Å². The van der Waals surface area contributed by atoms with Gasteiger partial charge in [0.25, 0.3) is 0 Å². The number of β-amino-alcohol motifs (C(OH)–C–C–N with tert-alkyl or cyclic N) is 1. The van der Waals surface area contributed by atoms with Crippen LogP contribution in [0.5, 0.6) is 5.75 Å². The van der Waals surface area contributed by atoms with Crippen LogP contribution in [0.25, 0.3) is 10.9 Å². The second kappa shape index (κ2) is 33.9. The highest BCUT2D eigenvalue weighted by Gasteiger charge is 2.43. The maximum atomic E-state index is 14.2. The van der Waals surface area contributed by atoms with Gasteiger partial charge in [-0.25, -0.2) is 4.79 Å². The molecule has 28 nitrogen and oxygen atoms in total. The minimum Gasteiger partial charge on any atom is -0.508 e. The van der Waals surface area contributed by atoms with Crippen LogP contribution >= 0.6 is 0 Å². The van der Waals surface area contributed by atoms with E-state index in [1.807, 2.05) is 38.1 Å². The number of aliphatic imine (C=N–C) groups is 1. The summed E-state index contributed by atoms with van der Waals surface area (Å²) >= 11 is 0. The number of nitrogens with one attached hydrogen (secondary N) is 10. The summed E-state index contributed by atoms with van der Waals surface area (Å²) in [5, 5.41) is 55.7. The number of amides is 11. The maximum absolute atomic E-state index is 14.2. The summed E-state index contributed by atoms with van der Waals surface area (Å²) in [6.07, 6.45) is 2.41. The van der Waals surface area contributed by atoms with Crippen molar-refractivity contribution < 1.29 is 63.3 Å². The molecule has 10 atom stereocenters. The van der Waals surface area contributed by atoms with Gasteiger partial charge in [0.15, 0.2) is 5.96 Å². The number of aliphatic hydroxyl groups excluding tert-OH is 2. The quantitative estimate of drug-likeness (QED) is 0.0109. The van der Waals surface area contributed by atoms with E-state index in [4.69, 9.17) is 17.2 Å². The van der Waals surface area contributed by atoms with Crippen LogP contribution < -0.4 is 65.1 Å². The number of aromatic hydroxyl groups is 1. The molecule has 0 bridgehead atoms. The molecule has 1 aliphatic rings. The molecule has 0 radical (unpaired) electrons. The predicted molar refractivity (Wildman–Crippen MR) is 326 cm³/mol. The second-order valence-electron chi connectivity index (χ2n) is 22.0. The lowest BCUT2D eigenvalue weighted by molar-refractivity contribution is -0.142. The lowest BCUT2D eigenvalue weighted by Gasteiger charge is -2.30. The van der Waals surface area contributed by atoms with Crippen molar-refractivity contribution >= 4 is 76.1 Å². The fraction of sp³-hybridized carbons (Fsp3) is 0.450. The Morgan fingerprint density at radius 2 is 1.34 bits per heavy atom. The molecule has 1 saturated heterocycles. The summed E-state index contributed by atoms with van der Waals surface area (Å²) in [6, 6.07) is 11.0. The number of aromatic nitrogens is 1. The number of nitrogens with zero attached hydrogens (tertiary/aromatic N) is 2. The molecule has 1 fully saturated rings. The van der Waals surface area contributed by atoms with Crippen molar-refractivity contribution in [2.24, 2.45) is 34.0 Å². The van der Waals surface area contributed by atoms with Gasteiger partial charge < -0.3 is 90.3 Å². The highest BCUT2D eigenvalue weighted by atomic mass is 16.3. The fourth-order valence-electron chi connectivity index (χ4n) is 9.94. The Kier molecular flexibility index (Phi) is 26.7. The first-order valence-electron chi connectivity index (χ1n) is 28.9. The van der Waals surface area contributed by atoms with Crippen molar-refractivity contribution in [3.63, 3.8) is 0 Å². The van der Waals surface area contributed by atoms with E-state index in [2.05, 4.69) is 57.8 Å². The SMILES string of the molecule is CN=C(N)NCCC[C@H](NC(=O)[C@@H](C=CCNC(=O)[C@H](Cc1ccccc1)NC(=O)[C@@H](NC(=O)[C@H](CNC(N)=O)NC(=O)[C@@H]1C[C@@H](O)CN1C(=O)[C@@H](Cc1ccc(O)cc1)NC(C)=O)[C@@H](C)O)CC(C)C)C(=O)N[C@@H](Cc1c[nH]c2ccccc12)C(N)=O. The van der Waals surface area contributed by atoms with Gasteiger partial charge in [0.05, 0.1) is 18.1 Å². The van der Waals surface area contributed by atoms with E-state index in [-0.39, 0.29) is 62.8 Å². The molecule has 19 N–H and O–H groups in total. The third-order valence-corrected chi connectivity index (χ3v) is 14.4. The van der Waals surface area contributed by atoms with Crippen LogP contribution in [0.4, 0.5) is 4.79 Å². The number of carbonyl (C=O) groups is 10. The van der Waals surface area contributed by atoms with Crippen LogP contribution in [0.2, 0.25) is 0 Å². The Hall–Kier alpha value is -9.57. The first-order chi connectivity index (χ1) is 41.8. The van der Waals surface area contributed by atoms with E-state index in [0.717, 1.165) is 21.4 Å². The molecular formula is C60H83N15O13. The molecule has 1 aromatic heterocycles. The molecule has 5 rings (SSSR count). The number of nitrogens with two attached hydrogens (primary N) is 3. The molecule has 11 amide bonds. The smallest absolute Gasteiger partial charge is 0.312 e. The maximum Gasteiger partial charge on any atom is 0.312 e. The van der Waals surface area contributed by atoms with Gasteiger partial charge in [0.1, 0.15) is 48.0 Å². The lowest BCUT2D eigenvalue weighted by Crippen LogP contribution is -2.62. The number of benzene rings is 3. The summed E-state index contributed by atoms with van der Waals surface area (Å²) in [7, 11) is 1.51. The number of likely N-dealkylation sites (tertiary alicyclic amines) is 1. The van der Waals surface area contributed by atoms with Crippen molar-refractivity contribution in [1.82, 2.24) is 57.7 Å². The minimum atomic E-state index is -1.79. The molecule has 28 heteroatoms. The Labute approximate surface area is 509 Å². The Bertz CT molecular complexity index is 3120. The van der Waals surface area contributed by atoms with Crippen molar-refractivity contribution in [3.05, 3.63) is 114 Å².